The minimum absolute atomic E-state index is 0.889. The number of hydrogen-bond donors (Lipinski definition) is 1. The van der Waals surface area contributed by atoms with Crippen LogP contribution in [0.4, 0.5) is 0 Å². The van der Waals surface area contributed by atoms with Crippen LogP contribution in [0.25, 0.3) is 0 Å². The third-order valence-electron chi connectivity index (χ3n) is 4.93. The lowest BCUT2D eigenvalue weighted by atomic mass is 9.80. The first-order valence-corrected chi connectivity index (χ1v) is 11.7. The average molecular weight is 395 g/mol. The third-order valence-corrected chi connectivity index (χ3v) is 6.41. The van der Waals surface area contributed by atoms with Crippen molar-refractivity contribution in [2.75, 3.05) is 12.5 Å². The van der Waals surface area contributed by atoms with Crippen molar-refractivity contribution in [1.29, 1.82) is 0 Å². The molecule has 3 aromatic carbocycles. The lowest BCUT2D eigenvalue weighted by molar-refractivity contribution is 0.125. The lowest BCUT2D eigenvalue weighted by Gasteiger charge is -2.30. The Labute approximate surface area is 171 Å². The van der Waals surface area contributed by atoms with Gasteiger partial charge >= 0.3 is 0 Å². The summed E-state index contributed by atoms with van der Waals surface area (Å²) >= 11 is 3.42. The Morgan fingerprint density at radius 3 is 1.37 bits per heavy atom. The fourth-order valence-electron chi connectivity index (χ4n) is 3.37. The molecule has 0 aromatic heterocycles. The number of benzene rings is 3. The van der Waals surface area contributed by atoms with E-state index in [1.807, 2.05) is 24.3 Å². The minimum atomic E-state index is -1.17. The van der Waals surface area contributed by atoms with Crippen LogP contribution in [0, 0.1) is 0 Å². The average Bonchev–Trinajstić information content (AvgIpc) is 2.74. The van der Waals surface area contributed by atoms with E-state index >= 15 is 0 Å². The van der Waals surface area contributed by atoms with Gasteiger partial charge < -0.3 is 5.11 Å². The van der Waals surface area contributed by atoms with Crippen molar-refractivity contribution in [3.63, 3.8) is 0 Å². The van der Waals surface area contributed by atoms with Crippen LogP contribution in [0.2, 0.25) is 0 Å². The lowest BCUT2D eigenvalue weighted by Crippen LogP contribution is -2.28. The highest BCUT2D eigenvalue weighted by Gasteiger charge is 2.33. The predicted molar refractivity (Wildman–Crippen MR) is 119 cm³/mol. The molecule has 3 heteroatoms. The summed E-state index contributed by atoms with van der Waals surface area (Å²) in [5, 5.41) is 12.0. The second-order valence-corrected chi connectivity index (χ2v) is 8.37. The molecule has 3 aromatic rings. The zero-order chi connectivity index (χ0) is 19.3. The van der Waals surface area contributed by atoms with Crippen LogP contribution in [0.15, 0.2) is 82.6 Å². The van der Waals surface area contributed by atoms with Crippen LogP contribution in [-0.4, -0.2) is 17.6 Å². The van der Waals surface area contributed by atoms with E-state index in [1.165, 1.54) is 15.4 Å². The van der Waals surface area contributed by atoms with Gasteiger partial charge in [-0.05, 0) is 65.5 Å². The van der Waals surface area contributed by atoms with Gasteiger partial charge in [0.1, 0.15) is 5.60 Å². The molecule has 0 heterocycles. The molecule has 0 radical (unpaired) electrons. The Hall–Kier alpha value is -1.68. The van der Waals surface area contributed by atoms with E-state index < -0.39 is 5.60 Å². The Morgan fingerprint density at radius 2 is 1.04 bits per heavy atom. The summed E-state index contributed by atoms with van der Waals surface area (Å²) in [4.78, 5) is 2.38. The van der Waals surface area contributed by atoms with E-state index in [9.17, 15) is 5.11 Å². The van der Waals surface area contributed by atoms with Crippen molar-refractivity contribution in [3.8, 4) is 0 Å². The van der Waals surface area contributed by atoms with Gasteiger partial charge in [0.05, 0.1) is 0 Å². The largest absolute Gasteiger partial charge is 0.376 e. The van der Waals surface area contributed by atoms with E-state index in [2.05, 4.69) is 68.0 Å². The van der Waals surface area contributed by atoms with Crippen molar-refractivity contribution >= 4 is 23.5 Å². The molecule has 0 atom stereocenters. The van der Waals surface area contributed by atoms with Gasteiger partial charge in [-0.15, -0.1) is 23.5 Å². The Balaban J connectivity index is 2.11. The van der Waals surface area contributed by atoms with Crippen LogP contribution in [-0.2, 0) is 12.0 Å². The van der Waals surface area contributed by atoms with Gasteiger partial charge in [0.2, 0.25) is 0 Å². The summed E-state index contributed by atoms with van der Waals surface area (Å²) in [6.45, 7) is 2.19. The molecule has 0 saturated heterocycles. The first kappa shape index (κ1) is 20.1. The molecule has 3 rings (SSSR count). The van der Waals surface area contributed by atoms with E-state index in [0.717, 1.165) is 29.5 Å². The number of aliphatic hydroxyl groups is 1. The Morgan fingerprint density at radius 1 is 0.667 bits per heavy atom. The second kappa shape index (κ2) is 9.01. The maximum Gasteiger partial charge on any atom is 0.140 e. The second-order valence-electron chi connectivity index (χ2n) is 6.61. The zero-order valence-corrected chi connectivity index (χ0v) is 17.7. The minimum Gasteiger partial charge on any atom is -0.376 e. The van der Waals surface area contributed by atoms with Gasteiger partial charge in [0, 0.05) is 9.79 Å². The van der Waals surface area contributed by atoms with E-state index in [1.54, 1.807) is 23.5 Å². The molecule has 0 saturated carbocycles. The smallest absolute Gasteiger partial charge is 0.140 e. The highest BCUT2D eigenvalue weighted by molar-refractivity contribution is 7.98. The summed E-state index contributed by atoms with van der Waals surface area (Å²) in [5.74, 6) is 0. The standard InChI is InChI=1S/C24H26OS2/c1-4-5-18-6-8-19(9-7-18)24(25,20-10-14-22(26-2)15-11-20)21-12-16-23(27-3)17-13-21/h6-17,25H,4-5H2,1-3H3. The Bertz CT molecular complexity index is 805. The fourth-order valence-corrected chi connectivity index (χ4v) is 4.18. The van der Waals surface area contributed by atoms with E-state index in [0.29, 0.717) is 0 Å². The molecule has 0 spiro atoms. The van der Waals surface area contributed by atoms with Gasteiger partial charge in [-0.1, -0.05) is 61.9 Å². The maximum absolute atomic E-state index is 12.0. The molecule has 140 valence electrons. The molecular weight excluding hydrogens is 368 g/mol. The monoisotopic (exact) mass is 394 g/mol. The molecule has 0 aliphatic rings. The number of aryl methyl sites for hydroxylation is 1. The molecular formula is C24H26OS2. The SMILES string of the molecule is CCCc1ccc(C(O)(c2ccc(SC)cc2)c2ccc(SC)cc2)cc1. The molecule has 0 aliphatic carbocycles. The van der Waals surface area contributed by atoms with Crippen molar-refractivity contribution in [1.82, 2.24) is 0 Å². The van der Waals surface area contributed by atoms with Crippen LogP contribution in [0.3, 0.4) is 0 Å². The van der Waals surface area contributed by atoms with Crippen LogP contribution >= 0.6 is 23.5 Å². The first-order valence-electron chi connectivity index (χ1n) is 9.22. The first-order chi connectivity index (χ1) is 13.1. The van der Waals surface area contributed by atoms with Gasteiger partial charge in [-0.25, -0.2) is 0 Å². The normalized spacial score (nSPS) is 11.6. The van der Waals surface area contributed by atoms with Crippen molar-refractivity contribution in [2.24, 2.45) is 0 Å². The number of thioether (sulfide) groups is 2. The number of rotatable bonds is 7. The quantitative estimate of drug-likeness (QED) is 0.371. The molecule has 0 amide bonds. The van der Waals surface area contributed by atoms with E-state index in [4.69, 9.17) is 0 Å². The molecule has 0 fully saturated rings. The van der Waals surface area contributed by atoms with Crippen LogP contribution in [0.1, 0.15) is 35.6 Å². The highest BCUT2D eigenvalue weighted by atomic mass is 32.2. The van der Waals surface area contributed by atoms with Gasteiger partial charge in [-0.2, -0.15) is 0 Å². The summed E-state index contributed by atoms with van der Waals surface area (Å²) < 4.78 is 0. The van der Waals surface area contributed by atoms with Crippen molar-refractivity contribution in [2.45, 2.75) is 35.2 Å². The van der Waals surface area contributed by atoms with Crippen molar-refractivity contribution < 1.29 is 5.11 Å². The number of hydrogen-bond acceptors (Lipinski definition) is 3. The summed E-state index contributed by atoms with van der Waals surface area (Å²) in [5.41, 5.74) is 2.81. The molecule has 0 unspecified atom stereocenters. The van der Waals surface area contributed by atoms with Gasteiger partial charge in [0.15, 0.2) is 0 Å². The predicted octanol–water partition coefficient (Wildman–Crippen LogP) is 6.37. The molecule has 1 N–H and O–H groups in total. The van der Waals surface area contributed by atoms with Crippen LogP contribution < -0.4 is 0 Å². The molecule has 1 nitrogen and oxygen atoms in total. The topological polar surface area (TPSA) is 20.2 Å². The van der Waals surface area contributed by atoms with Gasteiger partial charge in [0.25, 0.3) is 0 Å². The summed E-state index contributed by atoms with van der Waals surface area (Å²) in [6, 6.07) is 24.8. The third kappa shape index (κ3) is 4.26. The molecule has 0 bridgehead atoms. The summed E-state index contributed by atoms with van der Waals surface area (Å²) in [7, 11) is 0. The zero-order valence-electron chi connectivity index (χ0n) is 16.1. The van der Waals surface area contributed by atoms with Crippen LogP contribution in [0.5, 0.6) is 0 Å². The molecule has 27 heavy (non-hydrogen) atoms. The van der Waals surface area contributed by atoms with Crippen molar-refractivity contribution in [3.05, 3.63) is 95.1 Å². The highest BCUT2D eigenvalue weighted by Crippen LogP contribution is 2.38. The fraction of sp³-hybridized carbons (Fsp3) is 0.250. The molecule has 0 aliphatic heterocycles. The maximum atomic E-state index is 12.0. The van der Waals surface area contributed by atoms with Gasteiger partial charge in [-0.3, -0.25) is 0 Å². The summed E-state index contributed by atoms with van der Waals surface area (Å²) in [6.07, 6.45) is 6.31. The van der Waals surface area contributed by atoms with E-state index in [-0.39, 0.29) is 0 Å². The Kier molecular flexibility index (Phi) is 6.69.